The fourth-order valence-corrected chi connectivity index (χ4v) is 7.62. The standard InChI is InChI=1S/C41H33N3/c1-26-14-5-9-19-31(26)42(34-22-12-8-18-30(34)41(2,3)4)35-24-25-37-40-38(35)29-16-7-11-21-33(29)44(40)36-23-13-17-28-27-15-6-10-20-32(27)43(37)39(28)36/h5-25H,1-4H3. The first-order valence-electron chi connectivity index (χ1n) is 15.5. The number of anilines is 3. The molecule has 0 saturated heterocycles. The molecule has 0 bridgehead atoms. The van der Waals surface area contributed by atoms with Crippen molar-refractivity contribution in [1.82, 2.24) is 8.80 Å². The van der Waals surface area contributed by atoms with Crippen LogP contribution in [0.2, 0.25) is 0 Å². The lowest BCUT2D eigenvalue weighted by atomic mass is 9.85. The van der Waals surface area contributed by atoms with Gasteiger partial charge in [-0.3, -0.25) is 0 Å². The molecule has 0 aliphatic carbocycles. The molecule has 3 nitrogen and oxygen atoms in total. The van der Waals surface area contributed by atoms with Gasteiger partial charge in [0.15, 0.2) is 0 Å². The first-order chi connectivity index (χ1) is 21.4. The van der Waals surface area contributed by atoms with E-state index in [2.05, 4.69) is 169 Å². The molecular formula is C41H33N3. The van der Waals surface area contributed by atoms with Crippen LogP contribution in [0.15, 0.2) is 127 Å². The average Bonchev–Trinajstić information content (AvgIpc) is 3.56. The van der Waals surface area contributed by atoms with Crippen molar-refractivity contribution in [2.75, 3.05) is 4.90 Å². The highest BCUT2D eigenvalue weighted by atomic mass is 15.2. The molecule has 0 aliphatic heterocycles. The van der Waals surface area contributed by atoms with E-state index in [1.54, 1.807) is 0 Å². The van der Waals surface area contributed by atoms with E-state index < -0.39 is 0 Å². The second-order valence-electron chi connectivity index (χ2n) is 13.1. The number of para-hydroxylation sites is 5. The fourth-order valence-electron chi connectivity index (χ4n) is 7.62. The number of fused-ring (bicyclic) bond motifs is 8. The van der Waals surface area contributed by atoms with E-state index in [0.717, 1.165) is 0 Å². The second kappa shape index (κ2) is 8.87. The summed E-state index contributed by atoms with van der Waals surface area (Å²) in [7, 11) is 0. The number of rotatable bonds is 3. The third-order valence-corrected chi connectivity index (χ3v) is 9.48. The molecule has 0 amide bonds. The quantitative estimate of drug-likeness (QED) is 0.193. The van der Waals surface area contributed by atoms with Gasteiger partial charge in [0.2, 0.25) is 0 Å². The summed E-state index contributed by atoms with van der Waals surface area (Å²) in [5.41, 5.74) is 13.6. The molecule has 44 heavy (non-hydrogen) atoms. The monoisotopic (exact) mass is 567 g/mol. The van der Waals surface area contributed by atoms with E-state index in [1.165, 1.54) is 82.8 Å². The first-order valence-corrected chi connectivity index (χ1v) is 15.5. The highest BCUT2D eigenvalue weighted by Gasteiger charge is 2.28. The van der Waals surface area contributed by atoms with Crippen molar-refractivity contribution in [3.05, 3.63) is 139 Å². The van der Waals surface area contributed by atoms with Gasteiger partial charge in [0.05, 0.1) is 38.8 Å². The van der Waals surface area contributed by atoms with Crippen molar-refractivity contribution in [2.45, 2.75) is 33.1 Å². The Balaban J connectivity index is 1.53. The van der Waals surface area contributed by atoms with Crippen molar-refractivity contribution in [2.24, 2.45) is 0 Å². The number of benzene rings is 6. The Labute approximate surface area is 256 Å². The molecule has 0 spiro atoms. The predicted octanol–water partition coefficient (Wildman–Crippen LogP) is 11.3. The van der Waals surface area contributed by atoms with Gasteiger partial charge in [0, 0.05) is 32.9 Å². The van der Waals surface area contributed by atoms with Crippen molar-refractivity contribution >= 4 is 71.7 Å². The Morgan fingerprint density at radius 1 is 0.455 bits per heavy atom. The van der Waals surface area contributed by atoms with Gasteiger partial charge in [-0.05, 0) is 65.9 Å². The van der Waals surface area contributed by atoms with Crippen molar-refractivity contribution < 1.29 is 0 Å². The van der Waals surface area contributed by atoms with Gasteiger partial charge in [-0.1, -0.05) is 106 Å². The Kier molecular flexibility index (Phi) is 5.09. The highest BCUT2D eigenvalue weighted by Crippen LogP contribution is 2.49. The molecule has 3 heterocycles. The van der Waals surface area contributed by atoms with Gasteiger partial charge in [0.25, 0.3) is 0 Å². The first kappa shape index (κ1) is 25.2. The third kappa shape index (κ3) is 3.27. The molecule has 3 heteroatoms. The Hall–Kier alpha value is -5.28. The molecule has 9 aromatic rings. The van der Waals surface area contributed by atoms with Crippen LogP contribution in [0.25, 0.3) is 54.6 Å². The Bertz CT molecular complexity index is 2550. The largest absolute Gasteiger partial charge is 0.309 e. The van der Waals surface area contributed by atoms with Crippen molar-refractivity contribution in [3.63, 3.8) is 0 Å². The summed E-state index contributed by atoms with van der Waals surface area (Å²) in [6, 6.07) is 46.9. The van der Waals surface area contributed by atoms with Gasteiger partial charge >= 0.3 is 0 Å². The van der Waals surface area contributed by atoms with Gasteiger partial charge in [-0.2, -0.15) is 0 Å². The molecule has 0 radical (unpaired) electrons. The Morgan fingerprint density at radius 3 is 1.80 bits per heavy atom. The minimum Gasteiger partial charge on any atom is -0.309 e. The molecule has 212 valence electrons. The van der Waals surface area contributed by atoms with Crippen LogP contribution < -0.4 is 4.90 Å². The lowest BCUT2D eigenvalue weighted by Gasteiger charge is -2.33. The topological polar surface area (TPSA) is 12.1 Å². The van der Waals surface area contributed by atoms with Crippen molar-refractivity contribution in [1.29, 1.82) is 0 Å². The average molecular weight is 568 g/mol. The zero-order valence-electron chi connectivity index (χ0n) is 25.5. The van der Waals surface area contributed by atoms with E-state index in [0.29, 0.717) is 0 Å². The van der Waals surface area contributed by atoms with Gasteiger partial charge in [-0.15, -0.1) is 0 Å². The van der Waals surface area contributed by atoms with Gasteiger partial charge < -0.3 is 13.7 Å². The summed E-state index contributed by atoms with van der Waals surface area (Å²) in [5.74, 6) is 0. The van der Waals surface area contributed by atoms with Crippen LogP contribution in [0.5, 0.6) is 0 Å². The van der Waals surface area contributed by atoms with Crippen molar-refractivity contribution in [3.8, 4) is 0 Å². The second-order valence-corrected chi connectivity index (χ2v) is 13.1. The van der Waals surface area contributed by atoms with Crippen LogP contribution in [-0.4, -0.2) is 8.80 Å². The molecular weight excluding hydrogens is 534 g/mol. The SMILES string of the molecule is Cc1ccccc1N(c1ccccc1C(C)(C)C)c1ccc2c3c1c1ccccc1n3c1cccc3c4ccccc4n2c31. The molecule has 0 N–H and O–H groups in total. The number of nitrogens with zero attached hydrogens (tertiary/aromatic N) is 3. The van der Waals surface area contributed by atoms with E-state index in [4.69, 9.17) is 0 Å². The summed E-state index contributed by atoms with van der Waals surface area (Å²) < 4.78 is 5.00. The Morgan fingerprint density at radius 2 is 1.02 bits per heavy atom. The molecule has 0 atom stereocenters. The smallest absolute Gasteiger partial charge is 0.0804 e. The molecule has 0 fully saturated rings. The molecule has 6 aromatic carbocycles. The lowest BCUT2D eigenvalue weighted by Crippen LogP contribution is -2.19. The molecule has 0 aliphatic rings. The normalized spacial score (nSPS) is 12.5. The molecule has 0 saturated carbocycles. The minimum atomic E-state index is -0.0371. The van der Waals surface area contributed by atoms with E-state index in [-0.39, 0.29) is 5.41 Å². The molecule has 3 aromatic heterocycles. The number of hydrogen-bond acceptors (Lipinski definition) is 1. The maximum absolute atomic E-state index is 2.51. The fraction of sp³-hybridized carbons (Fsp3) is 0.122. The van der Waals surface area contributed by atoms with Crippen LogP contribution in [0.3, 0.4) is 0 Å². The minimum absolute atomic E-state index is 0.0371. The predicted molar refractivity (Wildman–Crippen MR) is 188 cm³/mol. The summed E-state index contributed by atoms with van der Waals surface area (Å²) in [6.07, 6.45) is 0. The van der Waals surface area contributed by atoms with Crippen LogP contribution in [0.1, 0.15) is 31.9 Å². The van der Waals surface area contributed by atoms with Gasteiger partial charge in [0.1, 0.15) is 0 Å². The van der Waals surface area contributed by atoms with Crippen LogP contribution in [0.4, 0.5) is 17.1 Å². The summed E-state index contributed by atoms with van der Waals surface area (Å²) in [6.45, 7) is 9.15. The summed E-state index contributed by atoms with van der Waals surface area (Å²) in [5, 5.41) is 5.11. The third-order valence-electron chi connectivity index (χ3n) is 9.48. The number of aryl methyl sites for hydroxylation is 1. The van der Waals surface area contributed by atoms with Crippen LogP contribution >= 0.6 is 0 Å². The van der Waals surface area contributed by atoms with E-state index >= 15 is 0 Å². The number of hydrogen-bond donors (Lipinski definition) is 0. The van der Waals surface area contributed by atoms with Crippen LogP contribution in [-0.2, 0) is 5.41 Å². The summed E-state index contributed by atoms with van der Waals surface area (Å²) >= 11 is 0. The maximum Gasteiger partial charge on any atom is 0.0804 e. The lowest BCUT2D eigenvalue weighted by molar-refractivity contribution is 0.591. The molecule has 0 unspecified atom stereocenters. The molecule has 9 rings (SSSR count). The van der Waals surface area contributed by atoms with Crippen LogP contribution in [0, 0.1) is 6.92 Å². The maximum atomic E-state index is 2.51. The van der Waals surface area contributed by atoms with E-state index in [1.807, 2.05) is 0 Å². The highest BCUT2D eigenvalue weighted by molar-refractivity contribution is 6.25. The zero-order valence-corrected chi connectivity index (χ0v) is 25.5. The number of aromatic nitrogens is 2. The summed E-state index contributed by atoms with van der Waals surface area (Å²) in [4.78, 5) is 2.51. The zero-order chi connectivity index (χ0) is 29.7. The van der Waals surface area contributed by atoms with Gasteiger partial charge in [-0.25, -0.2) is 0 Å². The van der Waals surface area contributed by atoms with E-state index in [9.17, 15) is 0 Å².